The van der Waals surface area contributed by atoms with Crippen LogP contribution in [0.3, 0.4) is 0 Å². The maximum Gasteiger partial charge on any atom is 0.244 e. The molecule has 1 fully saturated rings. The number of hydrogen-bond acceptors (Lipinski definition) is 4. The van der Waals surface area contributed by atoms with E-state index in [0.717, 1.165) is 28.8 Å². The highest BCUT2D eigenvalue weighted by molar-refractivity contribution is 9.11. The van der Waals surface area contributed by atoms with Gasteiger partial charge in [0.1, 0.15) is 4.90 Å². The Labute approximate surface area is 134 Å². The minimum Gasteiger partial charge on any atom is -0.398 e. The molecule has 0 amide bonds. The van der Waals surface area contributed by atoms with E-state index in [4.69, 9.17) is 5.73 Å². The zero-order valence-corrected chi connectivity index (χ0v) is 14.8. The molecule has 0 aromatic heterocycles. The van der Waals surface area contributed by atoms with Crippen LogP contribution in [0.5, 0.6) is 0 Å². The second kappa shape index (κ2) is 6.34. The van der Waals surface area contributed by atoms with Gasteiger partial charge in [0.25, 0.3) is 0 Å². The van der Waals surface area contributed by atoms with E-state index in [0.29, 0.717) is 4.47 Å². The van der Waals surface area contributed by atoms with Crippen LogP contribution in [-0.2, 0) is 10.0 Å². The number of halogens is 2. The zero-order valence-electron chi connectivity index (χ0n) is 10.0. The van der Waals surface area contributed by atoms with Gasteiger partial charge in [-0.2, -0.15) is 11.8 Å². The Morgan fingerprint density at radius 3 is 2.68 bits per heavy atom. The molecule has 1 aliphatic rings. The van der Waals surface area contributed by atoms with Crippen LogP contribution in [0, 0.1) is 0 Å². The van der Waals surface area contributed by atoms with E-state index in [1.165, 1.54) is 0 Å². The van der Waals surface area contributed by atoms with Crippen molar-refractivity contribution >= 4 is 59.3 Å². The lowest BCUT2D eigenvalue weighted by Gasteiger charge is -2.23. The average Bonchev–Trinajstić information content (AvgIpc) is 2.27. The van der Waals surface area contributed by atoms with Crippen molar-refractivity contribution in [2.24, 2.45) is 0 Å². The van der Waals surface area contributed by atoms with Gasteiger partial charge in [-0.25, -0.2) is 13.1 Å². The van der Waals surface area contributed by atoms with Gasteiger partial charge in [-0.3, -0.25) is 0 Å². The number of rotatable bonds is 3. The first kappa shape index (κ1) is 15.6. The molecule has 1 aromatic carbocycles. The van der Waals surface area contributed by atoms with Crippen LogP contribution in [-0.4, -0.2) is 26.0 Å². The highest BCUT2D eigenvalue weighted by Gasteiger charge is 2.26. The lowest BCUT2D eigenvalue weighted by atomic mass is 10.2. The largest absolute Gasteiger partial charge is 0.398 e. The molecule has 0 aliphatic carbocycles. The first-order valence-corrected chi connectivity index (χ1v) is 9.97. The number of nitrogens with two attached hydrogens (primary N) is 1. The van der Waals surface area contributed by atoms with Crippen LogP contribution in [0.1, 0.15) is 12.8 Å². The Bertz CT molecular complexity index is 549. The van der Waals surface area contributed by atoms with Crippen molar-refractivity contribution in [3.63, 3.8) is 0 Å². The van der Waals surface area contributed by atoms with Crippen molar-refractivity contribution in [1.82, 2.24) is 4.72 Å². The second-order valence-corrected chi connectivity index (χ2v) is 8.91. The quantitative estimate of drug-likeness (QED) is 0.724. The minimum absolute atomic E-state index is 0.0151. The molecule has 2 rings (SSSR count). The van der Waals surface area contributed by atoms with Gasteiger partial charge < -0.3 is 5.73 Å². The molecule has 19 heavy (non-hydrogen) atoms. The van der Waals surface area contributed by atoms with Crippen molar-refractivity contribution < 1.29 is 8.42 Å². The van der Waals surface area contributed by atoms with Gasteiger partial charge in [0.05, 0.1) is 5.69 Å². The van der Waals surface area contributed by atoms with Crippen LogP contribution in [0.4, 0.5) is 5.69 Å². The van der Waals surface area contributed by atoms with E-state index in [-0.39, 0.29) is 16.6 Å². The summed E-state index contributed by atoms with van der Waals surface area (Å²) in [5.41, 5.74) is 6.06. The summed E-state index contributed by atoms with van der Waals surface area (Å²) in [6.45, 7) is 0. The fourth-order valence-electron chi connectivity index (χ4n) is 1.98. The molecule has 106 valence electrons. The third-order valence-corrected chi connectivity index (χ3v) is 6.99. The molecular weight excluding hydrogens is 416 g/mol. The van der Waals surface area contributed by atoms with Gasteiger partial charge >= 0.3 is 0 Å². The molecule has 8 heteroatoms. The molecule has 1 unspecified atom stereocenters. The third-order valence-electron chi connectivity index (χ3n) is 2.79. The van der Waals surface area contributed by atoms with Crippen LogP contribution >= 0.6 is 43.6 Å². The second-order valence-electron chi connectivity index (χ2n) is 4.34. The fraction of sp³-hybridized carbons (Fsp3) is 0.455. The fourth-order valence-corrected chi connectivity index (χ4v) is 6.49. The van der Waals surface area contributed by atoms with Crippen molar-refractivity contribution in [2.45, 2.75) is 23.8 Å². The summed E-state index contributed by atoms with van der Waals surface area (Å²) in [5, 5.41) is 0. The summed E-state index contributed by atoms with van der Waals surface area (Å²) in [4.78, 5) is 0.117. The monoisotopic (exact) mass is 428 g/mol. The lowest BCUT2D eigenvalue weighted by Crippen LogP contribution is -2.38. The number of hydrogen-bond donors (Lipinski definition) is 2. The Kier molecular flexibility index (Phi) is 5.21. The highest BCUT2D eigenvalue weighted by Crippen LogP contribution is 2.32. The van der Waals surface area contributed by atoms with Crippen LogP contribution in [0.15, 0.2) is 26.0 Å². The number of nitrogen functional groups attached to an aromatic ring is 1. The van der Waals surface area contributed by atoms with E-state index >= 15 is 0 Å². The van der Waals surface area contributed by atoms with Gasteiger partial charge in [-0.05, 0) is 46.7 Å². The Balaban J connectivity index is 2.29. The average molecular weight is 430 g/mol. The molecule has 4 nitrogen and oxygen atoms in total. The first-order valence-electron chi connectivity index (χ1n) is 5.75. The smallest absolute Gasteiger partial charge is 0.244 e. The van der Waals surface area contributed by atoms with Gasteiger partial charge in [0.2, 0.25) is 10.0 Å². The van der Waals surface area contributed by atoms with Gasteiger partial charge in [-0.1, -0.05) is 15.9 Å². The predicted octanol–water partition coefficient (Wildman–Crippen LogP) is 2.97. The topological polar surface area (TPSA) is 72.2 Å². The molecule has 1 aliphatic heterocycles. The maximum atomic E-state index is 12.4. The highest BCUT2D eigenvalue weighted by atomic mass is 79.9. The Hall–Kier alpha value is 0.240. The van der Waals surface area contributed by atoms with E-state index < -0.39 is 10.0 Å². The SMILES string of the molecule is Nc1cc(Br)cc(Br)c1S(=O)(=O)NC1CCCSC1. The van der Waals surface area contributed by atoms with Gasteiger partial charge in [0, 0.05) is 20.7 Å². The Morgan fingerprint density at radius 1 is 1.37 bits per heavy atom. The summed E-state index contributed by atoms with van der Waals surface area (Å²) in [5.74, 6) is 1.91. The standard InChI is InChI=1S/C11H14Br2N2O2S2/c12-7-4-9(13)11(10(14)5-7)19(16,17)15-8-2-1-3-18-6-8/h4-5,8,15H,1-3,6,14H2. The number of sulfonamides is 1. The summed E-state index contributed by atoms with van der Waals surface area (Å²) in [7, 11) is -3.59. The maximum absolute atomic E-state index is 12.4. The van der Waals surface area contributed by atoms with E-state index in [1.807, 2.05) is 0 Å². The normalized spacial score (nSPS) is 20.4. The molecule has 0 bridgehead atoms. The van der Waals surface area contributed by atoms with Crippen LogP contribution < -0.4 is 10.5 Å². The lowest BCUT2D eigenvalue weighted by molar-refractivity contribution is 0.543. The number of anilines is 1. The van der Waals surface area contributed by atoms with Crippen molar-refractivity contribution in [1.29, 1.82) is 0 Å². The molecule has 1 saturated heterocycles. The number of nitrogens with one attached hydrogen (secondary N) is 1. The van der Waals surface area contributed by atoms with E-state index in [2.05, 4.69) is 36.6 Å². The third kappa shape index (κ3) is 3.87. The van der Waals surface area contributed by atoms with Gasteiger partial charge in [0.15, 0.2) is 0 Å². The molecule has 0 saturated carbocycles. The minimum atomic E-state index is -3.59. The number of benzene rings is 1. The molecule has 3 N–H and O–H groups in total. The Morgan fingerprint density at radius 2 is 2.11 bits per heavy atom. The molecule has 1 atom stereocenters. The summed E-state index contributed by atoms with van der Waals surface area (Å²) in [6, 6.07) is 3.26. The van der Waals surface area contributed by atoms with Crippen molar-refractivity contribution in [2.75, 3.05) is 17.2 Å². The van der Waals surface area contributed by atoms with Crippen molar-refractivity contribution in [3.05, 3.63) is 21.1 Å². The summed E-state index contributed by atoms with van der Waals surface area (Å²) in [6.07, 6.45) is 1.91. The van der Waals surface area contributed by atoms with Crippen LogP contribution in [0.25, 0.3) is 0 Å². The van der Waals surface area contributed by atoms with Crippen LogP contribution in [0.2, 0.25) is 0 Å². The molecule has 1 aromatic rings. The van der Waals surface area contributed by atoms with E-state index in [9.17, 15) is 8.42 Å². The van der Waals surface area contributed by atoms with E-state index in [1.54, 1.807) is 23.9 Å². The first-order chi connectivity index (χ1) is 8.90. The summed E-state index contributed by atoms with van der Waals surface area (Å²) >= 11 is 8.32. The van der Waals surface area contributed by atoms with Gasteiger partial charge in [-0.15, -0.1) is 0 Å². The zero-order chi connectivity index (χ0) is 14.0. The number of thioether (sulfide) groups is 1. The molecule has 1 heterocycles. The predicted molar refractivity (Wildman–Crippen MR) is 86.9 cm³/mol. The molecule has 0 spiro atoms. The molecular formula is C11H14Br2N2O2S2. The molecule has 0 radical (unpaired) electrons. The van der Waals surface area contributed by atoms with Crippen molar-refractivity contribution in [3.8, 4) is 0 Å². The summed E-state index contributed by atoms with van der Waals surface area (Å²) < 4.78 is 28.8.